The van der Waals surface area contributed by atoms with Gasteiger partial charge in [-0.1, -0.05) is 103 Å². The topological polar surface area (TPSA) is 0 Å². The molecule has 0 N–H and O–H groups in total. The van der Waals surface area contributed by atoms with E-state index in [1.165, 1.54) is 12.8 Å². The van der Waals surface area contributed by atoms with Crippen LogP contribution in [0.1, 0.15) is 12.8 Å². The van der Waals surface area contributed by atoms with Crippen LogP contribution in [0.5, 0.6) is 0 Å². The van der Waals surface area contributed by atoms with E-state index in [9.17, 15) is 0 Å². The number of benzene rings is 3. The Morgan fingerprint density at radius 2 is 1.00 bits per heavy atom. The molecule has 26 heavy (non-hydrogen) atoms. The summed E-state index contributed by atoms with van der Waals surface area (Å²) < 4.78 is 0. The van der Waals surface area contributed by atoms with Crippen molar-refractivity contribution in [3.8, 4) is 0 Å². The van der Waals surface area contributed by atoms with Gasteiger partial charge in [0.05, 0.1) is 0 Å². The predicted octanol–water partition coefficient (Wildman–Crippen LogP) is 4.12. The zero-order valence-electron chi connectivity index (χ0n) is 15.0. The fourth-order valence-electron chi connectivity index (χ4n) is 5.52. The molecule has 0 heterocycles. The van der Waals surface area contributed by atoms with E-state index >= 15 is 0 Å². The lowest BCUT2D eigenvalue weighted by atomic mass is 10.1. The largest absolute Gasteiger partial charge is 0.151 e. The zero-order chi connectivity index (χ0) is 17.4. The lowest BCUT2D eigenvalue weighted by molar-refractivity contribution is 0.683. The van der Waals surface area contributed by atoms with Gasteiger partial charge in [-0.25, -0.2) is 0 Å². The van der Waals surface area contributed by atoms with Crippen molar-refractivity contribution < 1.29 is 0 Å². The summed E-state index contributed by atoms with van der Waals surface area (Å²) in [6.07, 6.45) is 7.69. The summed E-state index contributed by atoms with van der Waals surface area (Å²) in [6.45, 7) is 0. The van der Waals surface area contributed by atoms with Gasteiger partial charge in [0.25, 0.3) is 0 Å². The van der Waals surface area contributed by atoms with Gasteiger partial charge in [-0.15, -0.1) is 0 Å². The molecule has 1 heteroatoms. The molecule has 0 radical (unpaired) electrons. The van der Waals surface area contributed by atoms with Crippen molar-refractivity contribution in [2.45, 2.75) is 18.4 Å². The molecule has 2 bridgehead atoms. The van der Waals surface area contributed by atoms with Crippen LogP contribution in [-0.2, 0) is 0 Å². The number of hydrogen-bond acceptors (Lipinski definition) is 0. The molecule has 5 rings (SSSR count). The van der Waals surface area contributed by atoms with E-state index in [1.54, 1.807) is 15.6 Å². The Bertz CT molecular complexity index is 802. The second-order valence-corrected chi connectivity index (χ2v) is 11.9. The fraction of sp³-hybridized carbons (Fsp3) is 0.200. The van der Waals surface area contributed by atoms with Gasteiger partial charge in [0.15, 0.2) is 8.07 Å². The van der Waals surface area contributed by atoms with E-state index in [0.717, 1.165) is 17.4 Å². The van der Waals surface area contributed by atoms with Crippen LogP contribution in [0.4, 0.5) is 0 Å². The highest BCUT2D eigenvalue weighted by molar-refractivity contribution is 7.12. The van der Waals surface area contributed by atoms with Gasteiger partial charge in [-0.2, -0.15) is 0 Å². The number of rotatable bonds is 4. The quantitative estimate of drug-likeness (QED) is 0.376. The van der Waals surface area contributed by atoms with E-state index < -0.39 is 8.07 Å². The van der Waals surface area contributed by atoms with Crippen LogP contribution in [0.15, 0.2) is 103 Å². The van der Waals surface area contributed by atoms with Crippen molar-refractivity contribution in [3.05, 3.63) is 103 Å². The number of fused-ring (bicyclic) bond motifs is 2. The van der Waals surface area contributed by atoms with Crippen molar-refractivity contribution in [2.24, 2.45) is 11.8 Å². The second kappa shape index (κ2) is 6.41. The maximum absolute atomic E-state index is 2.52. The normalized spacial score (nSPS) is 24.1. The molecule has 3 aromatic carbocycles. The Balaban J connectivity index is 1.82. The van der Waals surface area contributed by atoms with Crippen LogP contribution in [0, 0.1) is 11.8 Å². The minimum absolute atomic E-state index is 0.729. The third kappa shape index (κ3) is 2.34. The minimum Gasteiger partial charge on any atom is -0.0851 e. The Morgan fingerprint density at radius 3 is 1.35 bits per heavy atom. The summed E-state index contributed by atoms with van der Waals surface area (Å²) in [5.41, 5.74) is 0.740. The van der Waals surface area contributed by atoms with Crippen molar-refractivity contribution in [3.63, 3.8) is 0 Å². The highest BCUT2D eigenvalue weighted by Crippen LogP contribution is 2.51. The average molecular weight is 353 g/mol. The number of hydrogen-bond donors (Lipinski definition) is 0. The molecule has 1 saturated carbocycles. The first kappa shape index (κ1) is 15.8. The minimum atomic E-state index is -2.10. The lowest BCUT2D eigenvalue weighted by Gasteiger charge is -2.42. The molecule has 2 aliphatic carbocycles. The van der Waals surface area contributed by atoms with Gasteiger partial charge in [0.2, 0.25) is 0 Å². The molecule has 3 atom stereocenters. The Labute approximate surface area is 157 Å². The van der Waals surface area contributed by atoms with Gasteiger partial charge >= 0.3 is 0 Å². The highest BCUT2D eigenvalue weighted by Gasteiger charge is 2.53. The molecule has 3 unspecified atom stereocenters. The van der Waals surface area contributed by atoms with E-state index in [-0.39, 0.29) is 0 Å². The van der Waals surface area contributed by atoms with Crippen molar-refractivity contribution in [2.75, 3.05) is 0 Å². The molecule has 0 aliphatic heterocycles. The van der Waals surface area contributed by atoms with E-state index in [2.05, 4.69) is 103 Å². The van der Waals surface area contributed by atoms with E-state index in [4.69, 9.17) is 0 Å². The summed E-state index contributed by atoms with van der Waals surface area (Å²) in [4.78, 5) is 0. The van der Waals surface area contributed by atoms with E-state index in [1.807, 2.05) is 0 Å². The van der Waals surface area contributed by atoms with Crippen LogP contribution < -0.4 is 15.6 Å². The molecule has 2 aliphatic rings. The predicted molar refractivity (Wildman–Crippen MR) is 113 cm³/mol. The molecule has 0 spiro atoms. The third-order valence-corrected chi connectivity index (χ3v) is 12.0. The van der Waals surface area contributed by atoms with Gasteiger partial charge in [0.1, 0.15) is 0 Å². The lowest BCUT2D eigenvalue weighted by Crippen LogP contribution is -2.70. The first-order valence-corrected chi connectivity index (χ1v) is 11.8. The molecule has 3 aromatic rings. The fourth-order valence-corrected chi connectivity index (χ4v) is 11.5. The first-order chi connectivity index (χ1) is 12.9. The van der Waals surface area contributed by atoms with Crippen molar-refractivity contribution in [1.82, 2.24) is 0 Å². The van der Waals surface area contributed by atoms with Gasteiger partial charge in [-0.05, 0) is 45.8 Å². The van der Waals surface area contributed by atoms with E-state index in [0.29, 0.717) is 0 Å². The van der Waals surface area contributed by atoms with Gasteiger partial charge in [-0.3, -0.25) is 0 Å². The zero-order valence-corrected chi connectivity index (χ0v) is 16.0. The summed E-state index contributed by atoms with van der Waals surface area (Å²) in [5.74, 6) is 1.51. The Kier molecular flexibility index (Phi) is 3.90. The maximum atomic E-state index is 2.52. The molecule has 128 valence electrons. The Hall–Kier alpha value is -2.38. The maximum Gasteiger partial charge on any atom is 0.151 e. The first-order valence-electron chi connectivity index (χ1n) is 9.74. The Morgan fingerprint density at radius 1 is 0.538 bits per heavy atom. The summed E-state index contributed by atoms with van der Waals surface area (Å²) in [5, 5.41) is 4.68. The molecule has 0 amide bonds. The second-order valence-electron chi connectivity index (χ2n) is 7.79. The van der Waals surface area contributed by atoms with Crippen LogP contribution in [0.25, 0.3) is 0 Å². The monoisotopic (exact) mass is 352 g/mol. The molecular weight excluding hydrogens is 328 g/mol. The SMILES string of the molecule is C1=CC2CC1CC2[Si](c1ccccc1)(c1ccccc1)c1ccccc1. The van der Waals surface area contributed by atoms with Crippen molar-refractivity contribution >= 4 is 23.6 Å². The molecule has 0 aromatic heterocycles. The summed E-state index contributed by atoms with van der Waals surface area (Å²) in [7, 11) is -2.10. The van der Waals surface area contributed by atoms with Gasteiger partial charge in [0, 0.05) is 0 Å². The van der Waals surface area contributed by atoms with Crippen LogP contribution >= 0.6 is 0 Å². The molecular formula is C25H24Si. The standard InChI is InChI=1S/C25H24Si/c1-4-10-22(11-5-1)26(23-12-6-2-7-13-23,24-14-8-3-9-15-24)25-19-20-16-17-21(25)18-20/h1-17,20-21,25H,18-19H2. The molecule has 0 saturated heterocycles. The summed E-state index contributed by atoms with van der Waals surface area (Å²) in [6, 6.07) is 34.2. The highest BCUT2D eigenvalue weighted by atomic mass is 28.3. The third-order valence-electron chi connectivity index (χ3n) is 6.52. The van der Waals surface area contributed by atoms with Crippen LogP contribution in [-0.4, -0.2) is 8.07 Å². The number of allylic oxidation sites excluding steroid dienone is 2. The van der Waals surface area contributed by atoms with Gasteiger partial charge < -0.3 is 0 Å². The smallest absolute Gasteiger partial charge is 0.0851 e. The van der Waals surface area contributed by atoms with Crippen molar-refractivity contribution in [1.29, 1.82) is 0 Å². The molecule has 1 fully saturated rings. The van der Waals surface area contributed by atoms with Crippen LogP contribution in [0.3, 0.4) is 0 Å². The summed E-state index contributed by atoms with van der Waals surface area (Å²) >= 11 is 0. The molecule has 0 nitrogen and oxygen atoms in total. The average Bonchev–Trinajstić information content (AvgIpc) is 3.35. The van der Waals surface area contributed by atoms with Crippen LogP contribution in [0.2, 0.25) is 5.54 Å².